The number of halogens is 1. The molecule has 140 valence electrons. The van der Waals surface area contributed by atoms with Gasteiger partial charge in [0.1, 0.15) is 21.7 Å². The van der Waals surface area contributed by atoms with Crippen molar-refractivity contribution in [2.24, 2.45) is 0 Å². The molecule has 0 aliphatic heterocycles. The number of para-hydroxylation sites is 1. The molecule has 4 aromatic carbocycles. The van der Waals surface area contributed by atoms with E-state index in [1.54, 1.807) is 0 Å². The molecule has 0 spiro atoms. The van der Waals surface area contributed by atoms with Crippen LogP contribution in [0.5, 0.6) is 5.75 Å². The maximum Gasteiger partial charge on any atom is 0.210 e. The van der Waals surface area contributed by atoms with Crippen molar-refractivity contribution in [3.63, 3.8) is 0 Å². The summed E-state index contributed by atoms with van der Waals surface area (Å²) in [5, 5.41) is 4.00. The van der Waals surface area contributed by atoms with Crippen LogP contribution in [-0.4, -0.2) is 6.35 Å². The van der Waals surface area contributed by atoms with E-state index in [-0.39, 0.29) is 17.0 Å². The highest BCUT2D eigenvalue weighted by Gasteiger charge is 2.46. The first-order valence-corrected chi connectivity index (χ1v) is 11.1. The zero-order valence-corrected chi connectivity index (χ0v) is 18.0. The van der Waals surface area contributed by atoms with Crippen LogP contribution in [0.4, 0.5) is 0 Å². The third-order valence-electron chi connectivity index (χ3n) is 4.76. The van der Waals surface area contributed by atoms with Crippen LogP contribution < -0.4 is 37.6 Å². The van der Waals surface area contributed by atoms with E-state index in [9.17, 15) is 0 Å². The van der Waals surface area contributed by atoms with Crippen molar-refractivity contribution in [1.82, 2.24) is 0 Å². The minimum atomic E-state index is -1.94. The minimum absolute atomic E-state index is 0. The summed E-state index contributed by atoms with van der Waals surface area (Å²) in [4.78, 5) is 0. The zero-order chi connectivity index (χ0) is 18.4. The summed E-state index contributed by atoms with van der Waals surface area (Å²) in [7, 11) is -1.94. The van der Waals surface area contributed by atoms with Gasteiger partial charge in [-0.3, -0.25) is 0 Å². The third-order valence-corrected chi connectivity index (χ3v) is 8.81. The van der Waals surface area contributed by atoms with Gasteiger partial charge >= 0.3 is 0 Å². The van der Waals surface area contributed by atoms with Crippen molar-refractivity contribution in [1.29, 1.82) is 0 Å². The minimum Gasteiger partial charge on any atom is -1.00 e. The van der Waals surface area contributed by atoms with Crippen LogP contribution >= 0.6 is 7.26 Å². The molecule has 0 fully saturated rings. The first-order chi connectivity index (χ1) is 13.4. The molecule has 3 heteroatoms. The lowest BCUT2D eigenvalue weighted by Gasteiger charge is -2.27. The van der Waals surface area contributed by atoms with Gasteiger partial charge < -0.3 is 21.7 Å². The molecule has 28 heavy (non-hydrogen) atoms. The molecule has 0 bridgehead atoms. The maximum atomic E-state index is 6.38. The molecule has 4 aromatic rings. The van der Waals surface area contributed by atoms with Crippen LogP contribution in [0.2, 0.25) is 0 Å². The van der Waals surface area contributed by atoms with Crippen LogP contribution in [0.15, 0.2) is 121 Å². The fourth-order valence-electron chi connectivity index (χ4n) is 3.41. The predicted octanol–water partition coefficient (Wildman–Crippen LogP) is 2.02. The smallest absolute Gasteiger partial charge is 0.210 e. The SMILES string of the molecule is [Br-].c1ccc(OC[P+](c2ccccc2)(c2ccccc2)c2ccccc2)cc1. The van der Waals surface area contributed by atoms with E-state index in [1.807, 2.05) is 30.3 Å². The average Bonchev–Trinajstić information content (AvgIpc) is 2.77. The van der Waals surface area contributed by atoms with E-state index in [2.05, 4.69) is 91.0 Å². The topological polar surface area (TPSA) is 9.23 Å². The number of benzene rings is 4. The Balaban J connectivity index is 0.00000225. The molecule has 0 heterocycles. The van der Waals surface area contributed by atoms with E-state index in [0.717, 1.165) is 5.75 Å². The summed E-state index contributed by atoms with van der Waals surface area (Å²) in [5.74, 6) is 0.907. The normalized spacial score (nSPS) is 10.7. The lowest BCUT2D eigenvalue weighted by molar-refractivity contribution is -0.00000552. The largest absolute Gasteiger partial charge is 1.00 e. The molecule has 0 aromatic heterocycles. The number of rotatable bonds is 6. The van der Waals surface area contributed by atoms with E-state index >= 15 is 0 Å². The Labute approximate surface area is 178 Å². The maximum absolute atomic E-state index is 6.38. The van der Waals surface area contributed by atoms with Gasteiger partial charge in [-0.25, -0.2) is 0 Å². The van der Waals surface area contributed by atoms with Crippen LogP contribution in [-0.2, 0) is 0 Å². The van der Waals surface area contributed by atoms with E-state index in [0.29, 0.717) is 6.35 Å². The van der Waals surface area contributed by atoms with Crippen molar-refractivity contribution in [2.75, 3.05) is 6.35 Å². The zero-order valence-electron chi connectivity index (χ0n) is 15.5. The van der Waals surface area contributed by atoms with Gasteiger partial charge in [0, 0.05) is 0 Å². The van der Waals surface area contributed by atoms with Crippen LogP contribution in [0.25, 0.3) is 0 Å². The number of hydrogen-bond acceptors (Lipinski definition) is 1. The van der Waals surface area contributed by atoms with Crippen molar-refractivity contribution < 1.29 is 21.7 Å². The van der Waals surface area contributed by atoms with Gasteiger partial charge in [-0.2, -0.15) is 0 Å². The third kappa shape index (κ3) is 4.19. The molecule has 4 rings (SSSR count). The monoisotopic (exact) mass is 448 g/mol. The Hall–Kier alpha value is -2.41. The Morgan fingerprint density at radius 2 is 0.786 bits per heavy atom. The summed E-state index contributed by atoms with van der Waals surface area (Å²) in [6.07, 6.45) is 0.634. The van der Waals surface area contributed by atoms with Crippen molar-refractivity contribution in [3.05, 3.63) is 121 Å². The highest BCUT2D eigenvalue weighted by Crippen LogP contribution is 2.55. The molecule has 0 aliphatic carbocycles. The second-order valence-electron chi connectivity index (χ2n) is 6.40. The number of ether oxygens (including phenoxy) is 1. The van der Waals surface area contributed by atoms with E-state index in [4.69, 9.17) is 4.74 Å². The molecular weight excluding hydrogens is 427 g/mol. The van der Waals surface area contributed by atoms with Crippen molar-refractivity contribution in [2.45, 2.75) is 0 Å². The van der Waals surface area contributed by atoms with Gasteiger partial charge in [-0.15, -0.1) is 0 Å². The second-order valence-corrected chi connectivity index (χ2v) is 9.83. The fourth-order valence-corrected chi connectivity index (χ4v) is 7.13. The van der Waals surface area contributed by atoms with Crippen molar-refractivity contribution in [3.8, 4) is 5.75 Å². The summed E-state index contributed by atoms with van der Waals surface area (Å²) in [6.45, 7) is 0. The Morgan fingerprint density at radius 1 is 0.464 bits per heavy atom. The van der Waals surface area contributed by atoms with Gasteiger partial charge in [-0.05, 0) is 48.5 Å². The fraction of sp³-hybridized carbons (Fsp3) is 0.0400. The summed E-state index contributed by atoms with van der Waals surface area (Å²) in [5.41, 5.74) is 0. The highest BCUT2D eigenvalue weighted by molar-refractivity contribution is 7.95. The lowest BCUT2D eigenvalue weighted by atomic mass is 10.3. The molecule has 0 amide bonds. The van der Waals surface area contributed by atoms with Gasteiger partial charge in [0.15, 0.2) is 7.26 Å². The quantitative estimate of drug-likeness (QED) is 0.410. The second kappa shape index (κ2) is 9.68. The van der Waals surface area contributed by atoms with Crippen LogP contribution in [0.1, 0.15) is 0 Å². The van der Waals surface area contributed by atoms with Crippen molar-refractivity contribution >= 4 is 23.2 Å². The van der Waals surface area contributed by atoms with E-state index < -0.39 is 7.26 Å². The molecule has 1 nitrogen and oxygen atoms in total. The van der Waals surface area contributed by atoms with Gasteiger partial charge in [-0.1, -0.05) is 72.8 Å². The number of hydrogen-bond donors (Lipinski definition) is 0. The Bertz CT molecular complexity index is 864. The van der Waals surface area contributed by atoms with E-state index in [1.165, 1.54) is 15.9 Å². The van der Waals surface area contributed by atoms with Gasteiger partial charge in [0.2, 0.25) is 6.35 Å². The molecule has 0 aliphatic rings. The molecule has 0 radical (unpaired) electrons. The summed E-state index contributed by atoms with van der Waals surface area (Å²) in [6, 6.07) is 42.5. The Morgan fingerprint density at radius 3 is 1.14 bits per heavy atom. The predicted molar refractivity (Wildman–Crippen MR) is 117 cm³/mol. The Kier molecular flexibility index (Phi) is 7.03. The summed E-state index contributed by atoms with van der Waals surface area (Å²) >= 11 is 0. The first-order valence-electron chi connectivity index (χ1n) is 9.12. The molecule has 0 atom stereocenters. The molecular formula is C25H22BrOP. The standard InChI is InChI=1S/C25H22OP.BrH/c1-5-13-22(14-6-1)26-21-27(23-15-7-2-8-16-23,24-17-9-3-10-18-24)25-19-11-4-12-20-25;/h1-20H,21H2;1H/q+1;/p-1. The average molecular weight is 449 g/mol. The highest BCUT2D eigenvalue weighted by atomic mass is 79.9. The van der Waals surface area contributed by atoms with Gasteiger partial charge in [0.25, 0.3) is 0 Å². The van der Waals surface area contributed by atoms with Crippen LogP contribution in [0, 0.1) is 0 Å². The summed E-state index contributed by atoms with van der Waals surface area (Å²) < 4.78 is 6.38. The van der Waals surface area contributed by atoms with Gasteiger partial charge in [0.05, 0.1) is 0 Å². The first kappa shape index (κ1) is 20.3. The molecule has 0 saturated heterocycles. The van der Waals surface area contributed by atoms with Crippen LogP contribution in [0.3, 0.4) is 0 Å². The molecule has 0 saturated carbocycles. The molecule has 0 unspecified atom stereocenters. The lowest BCUT2D eigenvalue weighted by Crippen LogP contribution is -3.00. The molecule has 0 N–H and O–H groups in total.